The molecule has 8 heteroatoms. The van der Waals surface area contributed by atoms with Crippen molar-refractivity contribution in [2.45, 2.75) is 11.2 Å². The Morgan fingerprint density at radius 3 is 0.462 bits per heavy atom. The van der Waals surface area contributed by atoms with Gasteiger partial charge in [-0.1, -0.05) is 109 Å². The molecule has 0 saturated carbocycles. The Hall–Kier alpha value is -1.16. The van der Waals surface area contributed by atoms with Crippen LogP contribution in [0.15, 0.2) is 182 Å². The van der Waals surface area contributed by atoms with Gasteiger partial charge < -0.3 is 10.2 Å². The van der Waals surface area contributed by atoms with E-state index in [1.54, 1.807) is 0 Å². The van der Waals surface area contributed by atoms with Crippen molar-refractivity contribution < 1.29 is 10.2 Å². The highest BCUT2D eigenvalue weighted by Crippen LogP contribution is 2.38. The molecule has 2 nitrogen and oxygen atoms in total. The molecule has 0 fully saturated rings. The van der Waals surface area contributed by atoms with Crippen LogP contribution in [0.1, 0.15) is 33.4 Å². The van der Waals surface area contributed by atoms with E-state index in [2.05, 4.69) is 136 Å². The van der Waals surface area contributed by atoms with Gasteiger partial charge in [0.15, 0.2) is 0 Å². The lowest BCUT2D eigenvalue weighted by molar-refractivity contribution is 0.125. The van der Waals surface area contributed by atoms with Gasteiger partial charge in [-0.2, -0.15) is 0 Å². The maximum absolute atomic E-state index is 11.7. The molecule has 0 spiro atoms. The van der Waals surface area contributed by atoms with Crippen LogP contribution in [0.2, 0.25) is 0 Å². The minimum absolute atomic E-state index is 0.875. The number of aliphatic hydroxyl groups is 2. The number of rotatable bonds is 6. The van der Waals surface area contributed by atoms with Gasteiger partial charge in [0.1, 0.15) is 11.2 Å². The van der Waals surface area contributed by atoms with Gasteiger partial charge >= 0.3 is 0 Å². The molecular formula is C44H32I6O2. The van der Waals surface area contributed by atoms with Crippen molar-refractivity contribution in [1.82, 2.24) is 0 Å². The van der Waals surface area contributed by atoms with Crippen LogP contribution < -0.4 is 0 Å². The summed E-state index contributed by atoms with van der Waals surface area (Å²) >= 11 is 13.7. The van der Waals surface area contributed by atoms with Gasteiger partial charge in [-0.05, 0) is 242 Å². The van der Waals surface area contributed by atoms with Crippen molar-refractivity contribution >= 4 is 136 Å². The van der Waals surface area contributed by atoms with Crippen molar-refractivity contribution in [2.75, 3.05) is 0 Å². The molecule has 0 unspecified atom stereocenters. The molecule has 7 rings (SSSR count). The summed E-state index contributed by atoms with van der Waals surface area (Å²) in [5.41, 5.74) is 2.94. The van der Waals surface area contributed by atoms with Crippen LogP contribution in [0, 0.1) is 21.4 Å². The lowest BCUT2D eigenvalue weighted by Gasteiger charge is -2.30. The fourth-order valence-electron chi connectivity index (χ4n) is 5.53. The highest BCUT2D eigenvalue weighted by molar-refractivity contribution is 14.1. The second kappa shape index (κ2) is 20.1. The maximum atomic E-state index is 11.7. The molecule has 0 heterocycles. The molecule has 0 aliphatic heterocycles. The van der Waals surface area contributed by atoms with E-state index in [1.165, 1.54) is 0 Å². The monoisotopic (exact) mass is 1350 g/mol. The normalized spacial score (nSPS) is 11.1. The highest BCUT2D eigenvalue weighted by atomic mass is 127. The Balaban J connectivity index is 0.000000173. The van der Waals surface area contributed by atoms with E-state index in [4.69, 9.17) is 0 Å². The maximum Gasteiger partial charge on any atom is 0.140 e. The second-order valence-corrected chi connectivity index (χ2v) is 19.1. The molecular weight excluding hydrogens is 1320 g/mol. The zero-order valence-electron chi connectivity index (χ0n) is 27.5. The summed E-state index contributed by atoms with van der Waals surface area (Å²) in [6.45, 7) is 0. The SMILES string of the molecule is OC(c1ccc(I)cc1)(c1ccc(I)cc1)c1ccc(I)cc1.OC(c1ccc(I)cc1)(c1ccc(I)cc1)c1ccc(I)cc1.c1ccccc1. The van der Waals surface area contributed by atoms with E-state index in [0.29, 0.717) is 0 Å². The Morgan fingerprint density at radius 2 is 0.346 bits per heavy atom. The number of hydrogen-bond acceptors (Lipinski definition) is 2. The first-order valence-electron chi connectivity index (χ1n) is 16.0. The predicted molar refractivity (Wildman–Crippen MR) is 266 cm³/mol. The van der Waals surface area contributed by atoms with Gasteiger partial charge in [0.05, 0.1) is 0 Å². The standard InChI is InChI=1S/2C19H13I3O.C6H6/c2*20-16-7-1-13(2-8-16)19(23,14-3-9-17(21)10-4-14)15-5-11-18(22)12-6-15;1-2-4-6-5-3-1/h2*1-12,23H;1-6H. The third kappa shape index (κ3) is 11.0. The third-order valence-corrected chi connectivity index (χ3v) is 12.6. The molecule has 0 radical (unpaired) electrons. The van der Waals surface area contributed by atoms with Crippen molar-refractivity contribution in [3.8, 4) is 0 Å². The fraction of sp³-hybridized carbons (Fsp3) is 0.0455. The number of benzene rings is 7. The molecule has 2 N–H and O–H groups in total. The van der Waals surface area contributed by atoms with Gasteiger partial charge in [-0.3, -0.25) is 0 Å². The minimum Gasteiger partial charge on any atom is -0.376 e. The van der Waals surface area contributed by atoms with Crippen LogP contribution >= 0.6 is 136 Å². The van der Waals surface area contributed by atoms with E-state index < -0.39 is 11.2 Å². The molecule has 0 atom stereocenters. The van der Waals surface area contributed by atoms with Gasteiger partial charge in [0.2, 0.25) is 0 Å². The van der Waals surface area contributed by atoms with Gasteiger partial charge in [0.25, 0.3) is 0 Å². The Morgan fingerprint density at radius 1 is 0.231 bits per heavy atom. The molecule has 0 aliphatic rings. The van der Waals surface area contributed by atoms with Gasteiger partial charge in [-0.15, -0.1) is 0 Å². The minimum atomic E-state index is -1.15. The lowest BCUT2D eigenvalue weighted by atomic mass is 9.80. The Bertz CT molecular complexity index is 1730. The van der Waals surface area contributed by atoms with Crippen molar-refractivity contribution in [3.05, 3.63) is 237 Å². The van der Waals surface area contributed by atoms with E-state index in [1.807, 2.05) is 182 Å². The summed E-state index contributed by atoms with van der Waals surface area (Å²) in [6, 6.07) is 60.3. The fourth-order valence-corrected chi connectivity index (χ4v) is 7.69. The molecule has 52 heavy (non-hydrogen) atoms. The van der Waals surface area contributed by atoms with Crippen LogP contribution in [0.3, 0.4) is 0 Å². The largest absolute Gasteiger partial charge is 0.376 e. The molecule has 0 amide bonds. The topological polar surface area (TPSA) is 40.5 Å². The third-order valence-electron chi connectivity index (χ3n) is 8.24. The number of halogens is 6. The Labute approximate surface area is 388 Å². The second-order valence-electron chi connectivity index (χ2n) is 11.6. The van der Waals surface area contributed by atoms with E-state index >= 15 is 0 Å². The van der Waals surface area contributed by atoms with Gasteiger partial charge in [0, 0.05) is 21.4 Å². The van der Waals surface area contributed by atoms with Crippen LogP contribution in [0.5, 0.6) is 0 Å². The smallest absolute Gasteiger partial charge is 0.140 e. The molecule has 0 saturated heterocycles. The molecule has 262 valence electrons. The summed E-state index contributed by atoms with van der Waals surface area (Å²) in [4.78, 5) is 0. The van der Waals surface area contributed by atoms with E-state index in [-0.39, 0.29) is 0 Å². The Kier molecular flexibility index (Phi) is 16.3. The van der Waals surface area contributed by atoms with Crippen molar-refractivity contribution in [2.24, 2.45) is 0 Å². The van der Waals surface area contributed by atoms with Crippen molar-refractivity contribution in [1.29, 1.82) is 0 Å². The molecule has 0 bridgehead atoms. The van der Waals surface area contributed by atoms with Crippen molar-refractivity contribution in [3.63, 3.8) is 0 Å². The zero-order chi connectivity index (χ0) is 37.1. The molecule has 0 aliphatic carbocycles. The van der Waals surface area contributed by atoms with E-state index in [0.717, 1.165) is 54.8 Å². The average Bonchev–Trinajstić information content (AvgIpc) is 3.17. The first kappa shape index (κ1) is 42.0. The van der Waals surface area contributed by atoms with Crippen LogP contribution in [0.25, 0.3) is 0 Å². The van der Waals surface area contributed by atoms with Crippen LogP contribution in [-0.2, 0) is 11.2 Å². The molecule has 7 aromatic carbocycles. The quantitative estimate of drug-likeness (QED) is 0.129. The first-order chi connectivity index (χ1) is 25.0. The van der Waals surface area contributed by atoms with E-state index in [9.17, 15) is 10.2 Å². The summed E-state index contributed by atoms with van der Waals surface area (Å²) in [7, 11) is 0. The number of hydrogen-bond donors (Lipinski definition) is 2. The predicted octanol–water partition coefficient (Wildman–Crippen LogP) is 13.3. The molecule has 7 aromatic rings. The summed E-state index contributed by atoms with van der Waals surface area (Å²) in [5, 5.41) is 23.4. The molecule has 0 aromatic heterocycles. The highest BCUT2D eigenvalue weighted by Gasteiger charge is 2.35. The lowest BCUT2D eigenvalue weighted by Crippen LogP contribution is -2.28. The summed E-state index contributed by atoms with van der Waals surface area (Å²) in [6.07, 6.45) is 0. The van der Waals surface area contributed by atoms with Crippen LogP contribution in [-0.4, -0.2) is 10.2 Å². The van der Waals surface area contributed by atoms with Crippen LogP contribution in [0.4, 0.5) is 0 Å². The average molecular weight is 1350 g/mol. The summed E-state index contributed by atoms with van der Waals surface area (Å²) in [5.74, 6) is 0. The summed E-state index contributed by atoms with van der Waals surface area (Å²) < 4.78 is 6.91. The van der Waals surface area contributed by atoms with Gasteiger partial charge in [-0.25, -0.2) is 0 Å². The first-order valence-corrected chi connectivity index (χ1v) is 22.5. The zero-order valence-corrected chi connectivity index (χ0v) is 40.4.